The SMILES string of the molecule is C/C(=N\C(=O)C(=O)N1CC[C@H](C(=O)Nc2cc(F)c(F)c(Cl)c2)C1)C(F)(F)F. The standard InChI is InChI=1S/C16H13ClF5N3O3/c1-7(16(20,21)22)23-14(27)15(28)25-3-2-8(6-25)13(26)24-9-4-10(17)12(19)11(18)5-9/h4-5,8H,2-3,6H2,1H3,(H,24,26)/b23-7+/t8-/m0/s1. The Morgan fingerprint density at radius 2 is 1.89 bits per heavy atom. The second-order valence-electron chi connectivity index (χ2n) is 5.98. The smallest absolute Gasteiger partial charge is 0.334 e. The van der Waals surface area contributed by atoms with E-state index < -0.39 is 52.2 Å². The average Bonchev–Trinajstić information content (AvgIpc) is 3.08. The van der Waals surface area contributed by atoms with E-state index in [0.717, 1.165) is 17.0 Å². The Balaban J connectivity index is 2.00. The number of nitrogens with one attached hydrogen (secondary N) is 1. The zero-order valence-electron chi connectivity index (χ0n) is 14.2. The molecular weight excluding hydrogens is 413 g/mol. The maximum atomic E-state index is 13.3. The van der Waals surface area contributed by atoms with Gasteiger partial charge in [-0.05, 0) is 19.4 Å². The van der Waals surface area contributed by atoms with E-state index >= 15 is 0 Å². The van der Waals surface area contributed by atoms with Gasteiger partial charge in [-0.3, -0.25) is 14.4 Å². The average molecular weight is 426 g/mol. The van der Waals surface area contributed by atoms with Gasteiger partial charge >= 0.3 is 18.0 Å². The fourth-order valence-corrected chi connectivity index (χ4v) is 2.64. The van der Waals surface area contributed by atoms with Crippen LogP contribution >= 0.6 is 11.6 Å². The fourth-order valence-electron chi connectivity index (χ4n) is 2.43. The van der Waals surface area contributed by atoms with Crippen molar-refractivity contribution in [1.82, 2.24) is 4.90 Å². The first kappa shape index (κ1) is 21.7. The molecule has 1 saturated heterocycles. The minimum Gasteiger partial charge on any atom is -0.334 e. The monoisotopic (exact) mass is 425 g/mol. The summed E-state index contributed by atoms with van der Waals surface area (Å²) in [5.74, 6) is -6.87. The Labute approximate surface area is 160 Å². The van der Waals surface area contributed by atoms with Crippen LogP contribution in [0, 0.1) is 17.6 Å². The summed E-state index contributed by atoms with van der Waals surface area (Å²) in [5.41, 5.74) is -1.57. The first-order valence-electron chi connectivity index (χ1n) is 7.81. The molecule has 28 heavy (non-hydrogen) atoms. The third kappa shape index (κ3) is 5.03. The van der Waals surface area contributed by atoms with Gasteiger partial charge in [-0.15, -0.1) is 0 Å². The summed E-state index contributed by atoms with van der Waals surface area (Å²) in [6.45, 7) is 0.258. The number of hydrogen-bond acceptors (Lipinski definition) is 3. The lowest BCUT2D eigenvalue weighted by molar-refractivity contribution is -0.143. The van der Waals surface area contributed by atoms with Crippen LogP contribution in [0.5, 0.6) is 0 Å². The molecular formula is C16H13ClF5N3O3. The molecule has 0 radical (unpaired) electrons. The van der Waals surface area contributed by atoms with Crippen LogP contribution in [-0.4, -0.2) is 47.6 Å². The minimum absolute atomic E-state index is 0.0538. The van der Waals surface area contributed by atoms with Crippen LogP contribution in [-0.2, 0) is 14.4 Å². The van der Waals surface area contributed by atoms with Crippen LogP contribution < -0.4 is 5.32 Å². The van der Waals surface area contributed by atoms with Crippen molar-refractivity contribution in [2.24, 2.45) is 10.9 Å². The van der Waals surface area contributed by atoms with Gasteiger partial charge in [0.15, 0.2) is 11.6 Å². The van der Waals surface area contributed by atoms with E-state index in [-0.39, 0.29) is 25.2 Å². The summed E-state index contributed by atoms with van der Waals surface area (Å²) in [7, 11) is 0. The summed E-state index contributed by atoms with van der Waals surface area (Å²) < 4.78 is 63.6. The quantitative estimate of drug-likeness (QED) is 0.342. The van der Waals surface area contributed by atoms with Crippen molar-refractivity contribution in [1.29, 1.82) is 0 Å². The highest BCUT2D eigenvalue weighted by molar-refractivity contribution is 6.37. The second kappa shape index (κ2) is 8.21. The summed E-state index contributed by atoms with van der Waals surface area (Å²) in [6.07, 6.45) is -4.72. The van der Waals surface area contributed by atoms with Crippen molar-refractivity contribution in [3.05, 3.63) is 28.8 Å². The predicted octanol–water partition coefficient (Wildman–Crippen LogP) is 2.96. The molecule has 1 aromatic rings. The van der Waals surface area contributed by atoms with E-state index in [2.05, 4.69) is 10.3 Å². The third-order valence-electron chi connectivity index (χ3n) is 3.96. The maximum Gasteiger partial charge on any atom is 0.429 e. The van der Waals surface area contributed by atoms with E-state index in [0.29, 0.717) is 6.92 Å². The molecule has 1 aromatic carbocycles. The first-order valence-corrected chi connectivity index (χ1v) is 8.19. The number of amides is 3. The van der Waals surface area contributed by atoms with Gasteiger partial charge in [0.25, 0.3) is 0 Å². The fraction of sp³-hybridized carbons (Fsp3) is 0.375. The molecule has 1 N–H and O–H groups in total. The lowest BCUT2D eigenvalue weighted by atomic mass is 10.1. The molecule has 0 spiro atoms. The lowest BCUT2D eigenvalue weighted by Crippen LogP contribution is -2.36. The van der Waals surface area contributed by atoms with Gasteiger partial charge in [0.2, 0.25) is 5.91 Å². The lowest BCUT2D eigenvalue weighted by Gasteiger charge is -2.15. The number of carbonyl (C=O) groups excluding carboxylic acids is 3. The summed E-state index contributed by atoms with van der Waals surface area (Å²) in [6, 6.07) is 1.71. The highest BCUT2D eigenvalue weighted by Crippen LogP contribution is 2.25. The van der Waals surface area contributed by atoms with Crippen LogP contribution in [0.1, 0.15) is 13.3 Å². The van der Waals surface area contributed by atoms with Gasteiger partial charge in [0.1, 0.15) is 5.71 Å². The molecule has 1 aliphatic heterocycles. The number of rotatable bonds is 2. The molecule has 1 aliphatic rings. The van der Waals surface area contributed by atoms with Gasteiger partial charge in [-0.2, -0.15) is 13.2 Å². The van der Waals surface area contributed by atoms with E-state index in [9.17, 15) is 36.3 Å². The molecule has 152 valence electrons. The molecule has 0 aromatic heterocycles. The number of hydrogen-bond donors (Lipinski definition) is 1. The van der Waals surface area contributed by atoms with Crippen LogP contribution in [0.4, 0.5) is 27.6 Å². The number of carbonyl (C=O) groups is 3. The number of likely N-dealkylation sites (tertiary alicyclic amines) is 1. The Morgan fingerprint density at radius 1 is 1.25 bits per heavy atom. The Hall–Kier alpha value is -2.56. The van der Waals surface area contributed by atoms with Gasteiger partial charge < -0.3 is 10.2 Å². The molecule has 3 amide bonds. The summed E-state index contributed by atoms with van der Waals surface area (Å²) >= 11 is 5.49. The maximum absolute atomic E-state index is 13.3. The van der Waals surface area contributed by atoms with E-state index in [1.807, 2.05) is 0 Å². The van der Waals surface area contributed by atoms with Crippen molar-refractivity contribution in [2.45, 2.75) is 19.5 Å². The van der Waals surface area contributed by atoms with E-state index in [1.165, 1.54) is 0 Å². The third-order valence-corrected chi connectivity index (χ3v) is 4.24. The van der Waals surface area contributed by atoms with E-state index in [1.54, 1.807) is 0 Å². The van der Waals surface area contributed by atoms with Gasteiger partial charge in [0.05, 0.1) is 10.9 Å². The summed E-state index contributed by atoms with van der Waals surface area (Å²) in [5, 5.41) is 1.76. The molecule has 2 rings (SSSR count). The Kier molecular flexibility index (Phi) is 6.37. The molecule has 0 unspecified atom stereocenters. The highest BCUT2D eigenvalue weighted by Gasteiger charge is 2.36. The van der Waals surface area contributed by atoms with Crippen molar-refractivity contribution < 1.29 is 36.3 Å². The number of anilines is 1. The minimum atomic E-state index is -4.84. The zero-order valence-corrected chi connectivity index (χ0v) is 15.0. The van der Waals surface area contributed by atoms with Crippen molar-refractivity contribution in [3.63, 3.8) is 0 Å². The van der Waals surface area contributed by atoms with Crippen LogP contribution in [0.25, 0.3) is 0 Å². The molecule has 0 aliphatic carbocycles. The molecule has 0 saturated carbocycles. The van der Waals surface area contributed by atoms with Crippen molar-refractivity contribution in [2.75, 3.05) is 18.4 Å². The molecule has 0 bridgehead atoms. The van der Waals surface area contributed by atoms with Gasteiger partial charge in [-0.1, -0.05) is 11.6 Å². The molecule has 1 fully saturated rings. The number of nitrogens with zero attached hydrogens (tertiary/aromatic N) is 2. The van der Waals surface area contributed by atoms with E-state index in [4.69, 9.17) is 11.6 Å². The predicted molar refractivity (Wildman–Crippen MR) is 88.9 cm³/mol. The summed E-state index contributed by atoms with van der Waals surface area (Å²) in [4.78, 5) is 39.3. The number of alkyl halides is 3. The number of aliphatic imine (C=N–C) groups is 1. The molecule has 1 atom stereocenters. The highest BCUT2D eigenvalue weighted by atomic mass is 35.5. The van der Waals surface area contributed by atoms with Crippen molar-refractivity contribution in [3.8, 4) is 0 Å². The Morgan fingerprint density at radius 3 is 2.46 bits per heavy atom. The van der Waals surface area contributed by atoms with Gasteiger partial charge in [0, 0.05) is 24.8 Å². The molecule has 6 nitrogen and oxygen atoms in total. The van der Waals surface area contributed by atoms with Crippen molar-refractivity contribution >= 4 is 40.7 Å². The van der Waals surface area contributed by atoms with Crippen LogP contribution in [0.15, 0.2) is 17.1 Å². The second-order valence-corrected chi connectivity index (χ2v) is 6.39. The normalized spacial score (nSPS) is 17.6. The van der Waals surface area contributed by atoms with Gasteiger partial charge in [-0.25, -0.2) is 13.8 Å². The first-order chi connectivity index (χ1) is 12.9. The van der Waals surface area contributed by atoms with Crippen LogP contribution in [0.2, 0.25) is 5.02 Å². The van der Waals surface area contributed by atoms with Crippen LogP contribution in [0.3, 0.4) is 0 Å². The Bertz CT molecular complexity index is 833. The number of halogens is 6. The molecule has 1 heterocycles. The molecule has 12 heteroatoms. The number of benzene rings is 1. The largest absolute Gasteiger partial charge is 0.429 e. The zero-order chi connectivity index (χ0) is 21.2. The topological polar surface area (TPSA) is 78.8 Å².